The van der Waals surface area contributed by atoms with E-state index in [2.05, 4.69) is 4.98 Å². The smallest absolute Gasteiger partial charge is 0.372 e. The molecule has 0 bridgehead atoms. The molecule has 0 aliphatic rings. The molecule has 108 valence electrons. The van der Waals surface area contributed by atoms with Gasteiger partial charge in [-0.25, -0.2) is 4.79 Å². The first-order chi connectivity index (χ1) is 10.1. The molecule has 5 nitrogen and oxygen atoms in total. The number of aliphatic carboxylic acids is 1. The predicted octanol–water partition coefficient (Wildman–Crippen LogP) is 2.17. The predicted molar refractivity (Wildman–Crippen MR) is 76.9 cm³/mol. The molecule has 5 heteroatoms. The van der Waals surface area contributed by atoms with E-state index in [-0.39, 0.29) is 12.2 Å². The molecule has 1 aromatic heterocycles. The average molecular weight is 285 g/mol. The van der Waals surface area contributed by atoms with Crippen LogP contribution in [-0.4, -0.2) is 27.6 Å². The number of rotatable bonds is 7. The fourth-order valence-corrected chi connectivity index (χ4v) is 2.09. The molecule has 0 fully saturated rings. The molecule has 1 aromatic carbocycles. The van der Waals surface area contributed by atoms with Gasteiger partial charge in [0, 0.05) is 18.0 Å². The van der Waals surface area contributed by atoms with Crippen molar-refractivity contribution in [1.29, 1.82) is 0 Å². The van der Waals surface area contributed by atoms with E-state index in [1.165, 1.54) is 0 Å². The fourth-order valence-electron chi connectivity index (χ4n) is 2.09. The van der Waals surface area contributed by atoms with E-state index in [0.717, 1.165) is 16.5 Å². The van der Waals surface area contributed by atoms with Crippen LogP contribution in [0.25, 0.3) is 10.9 Å². The second kappa shape index (κ2) is 6.74. The number of hydrogen-bond acceptors (Lipinski definition) is 4. The van der Waals surface area contributed by atoms with Crippen LogP contribution in [0.3, 0.4) is 0 Å². The molecule has 1 N–H and O–H groups in total. The van der Waals surface area contributed by atoms with Crippen molar-refractivity contribution in [3.8, 4) is 0 Å². The van der Waals surface area contributed by atoms with E-state index in [0.29, 0.717) is 12.8 Å². The van der Waals surface area contributed by atoms with E-state index in [9.17, 15) is 14.4 Å². The zero-order valence-corrected chi connectivity index (χ0v) is 11.4. The lowest BCUT2D eigenvalue weighted by atomic mass is 10.0. The number of para-hydroxylation sites is 1. The molecule has 0 saturated carbocycles. The summed E-state index contributed by atoms with van der Waals surface area (Å²) in [5, 5.41) is 9.47. The number of carbonyl (C=O) groups excluding carboxylic acids is 2. The van der Waals surface area contributed by atoms with Crippen LogP contribution in [0.1, 0.15) is 24.8 Å². The Hall–Kier alpha value is -2.56. The van der Waals surface area contributed by atoms with Crippen LogP contribution in [-0.2, 0) is 20.8 Å². The number of hydrogen-bond donors (Lipinski definition) is 1. The van der Waals surface area contributed by atoms with Crippen LogP contribution in [0.4, 0.5) is 0 Å². The first kappa shape index (κ1) is 14.8. The summed E-state index contributed by atoms with van der Waals surface area (Å²) in [7, 11) is 0. The van der Waals surface area contributed by atoms with Gasteiger partial charge in [-0.2, -0.15) is 0 Å². The Morgan fingerprint density at radius 2 is 1.90 bits per heavy atom. The van der Waals surface area contributed by atoms with Gasteiger partial charge < -0.3 is 5.11 Å². The van der Waals surface area contributed by atoms with Gasteiger partial charge in [-0.05, 0) is 30.5 Å². The van der Waals surface area contributed by atoms with Crippen molar-refractivity contribution in [1.82, 2.24) is 4.98 Å². The molecule has 0 atom stereocenters. The van der Waals surface area contributed by atoms with Crippen LogP contribution in [0, 0.1) is 0 Å². The second-order valence-electron chi connectivity index (χ2n) is 4.83. The molecule has 0 aliphatic heterocycles. The van der Waals surface area contributed by atoms with Gasteiger partial charge in [-0.15, -0.1) is 0 Å². The molecule has 0 saturated heterocycles. The molecule has 0 unspecified atom stereocenters. The topological polar surface area (TPSA) is 84.3 Å². The summed E-state index contributed by atoms with van der Waals surface area (Å²) in [5.74, 6) is -2.94. The van der Waals surface area contributed by atoms with Crippen molar-refractivity contribution in [3.63, 3.8) is 0 Å². The minimum atomic E-state index is -1.55. The standard InChI is InChI=1S/C16H15NO4/c18-13(9-15(19)16(20)21)6-3-4-11-8-12-5-1-2-7-14(12)17-10-11/h1-2,5,7-8,10H,3-4,6,9H2,(H,20,21). The Labute approximate surface area is 121 Å². The lowest BCUT2D eigenvalue weighted by Gasteiger charge is -2.03. The van der Waals surface area contributed by atoms with E-state index in [1.807, 2.05) is 30.3 Å². The van der Waals surface area contributed by atoms with Gasteiger partial charge in [-0.1, -0.05) is 18.2 Å². The monoisotopic (exact) mass is 285 g/mol. The van der Waals surface area contributed by atoms with Gasteiger partial charge in [0.05, 0.1) is 11.9 Å². The van der Waals surface area contributed by atoms with Crippen LogP contribution in [0.2, 0.25) is 0 Å². The zero-order valence-electron chi connectivity index (χ0n) is 11.4. The maximum absolute atomic E-state index is 11.5. The first-order valence-electron chi connectivity index (χ1n) is 6.68. The van der Waals surface area contributed by atoms with Crippen molar-refractivity contribution in [3.05, 3.63) is 42.1 Å². The third kappa shape index (κ3) is 4.21. The number of aryl methyl sites for hydroxylation is 1. The summed E-state index contributed by atoms with van der Waals surface area (Å²) >= 11 is 0. The zero-order chi connectivity index (χ0) is 15.2. The third-order valence-corrected chi connectivity index (χ3v) is 3.16. The maximum Gasteiger partial charge on any atom is 0.372 e. The van der Waals surface area contributed by atoms with E-state index in [1.54, 1.807) is 6.20 Å². The van der Waals surface area contributed by atoms with Crippen LogP contribution in [0.15, 0.2) is 36.5 Å². The molecule has 1 heterocycles. The summed E-state index contributed by atoms with van der Waals surface area (Å²) in [6.07, 6.45) is 2.70. The SMILES string of the molecule is O=C(CCCc1cnc2ccccc2c1)CC(=O)C(=O)O. The summed E-state index contributed by atoms with van der Waals surface area (Å²) < 4.78 is 0. The van der Waals surface area contributed by atoms with Crippen LogP contribution >= 0.6 is 0 Å². The quantitative estimate of drug-likeness (QED) is 0.622. The highest BCUT2D eigenvalue weighted by molar-refractivity contribution is 6.36. The number of Topliss-reactive ketones (excluding diaryl/α,β-unsaturated/α-hetero) is 2. The second-order valence-corrected chi connectivity index (χ2v) is 4.83. The minimum Gasteiger partial charge on any atom is -0.475 e. The summed E-state index contributed by atoms with van der Waals surface area (Å²) in [6.45, 7) is 0. The Morgan fingerprint density at radius 3 is 2.67 bits per heavy atom. The highest BCUT2D eigenvalue weighted by Gasteiger charge is 2.15. The minimum absolute atomic E-state index is 0.200. The fraction of sp³-hybridized carbons (Fsp3) is 0.250. The van der Waals surface area contributed by atoms with Gasteiger partial charge in [0.25, 0.3) is 0 Å². The van der Waals surface area contributed by atoms with Gasteiger partial charge >= 0.3 is 5.97 Å². The van der Waals surface area contributed by atoms with E-state index >= 15 is 0 Å². The lowest BCUT2D eigenvalue weighted by molar-refractivity contribution is -0.150. The molecule has 2 rings (SSSR count). The van der Waals surface area contributed by atoms with Crippen LogP contribution in [0.5, 0.6) is 0 Å². The van der Waals surface area contributed by atoms with Gasteiger partial charge in [0.15, 0.2) is 0 Å². The Bertz CT molecular complexity index is 693. The maximum atomic E-state index is 11.5. The summed E-state index contributed by atoms with van der Waals surface area (Å²) in [6, 6.07) is 9.79. The van der Waals surface area contributed by atoms with E-state index < -0.39 is 18.2 Å². The number of ketones is 2. The van der Waals surface area contributed by atoms with Crippen molar-refractivity contribution < 1.29 is 19.5 Å². The Kier molecular flexibility index (Phi) is 4.77. The molecule has 0 radical (unpaired) electrons. The number of carboxylic acid groups (broad SMARTS) is 1. The number of aromatic nitrogens is 1. The normalized spacial score (nSPS) is 10.5. The molecular weight excluding hydrogens is 270 g/mol. The molecule has 0 aliphatic carbocycles. The molecule has 0 spiro atoms. The van der Waals surface area contributed by atoms with Crippen molar-refractivity contribution in [2.45, 2.75) is 25.7 Å². The molecule has 2 aromatic rings. The van der Waals surface area contributed by atoms with Gasteiger partial charge in [-0.3, -0.25) is 14.6 Å². The number of carbonyl (C=O) groups is 3. The Morgan fingerprint density at radius 1 is 1.14 bits per heavy atom. The number of pyridine rings is 1. The van der Waals surface area contributed by atoms with E-state index in [4.69, 9.17) is 5.11 Å². The largest absolute Gasteiger partial charge is 0.475 e. The first-order valence-corrected chi connectivity index (χ1v) is 6.68. The number of nitrogens with zero attached hydrogens (tertiary/aromatic N) is 1. The molecular formula is C16H15NO4. The van der Waals surface area contributed by atoms with Gasteiger partial charge in [0.2, 0.25) is 5.78 Å². The summed E-state index contributed by atoms with van der Waals surface area (Å²) in [5.41, 5.74) is 1.94. The number of benzene rings is 1. The average Bonchev–Trinajstić information content (AvgIpc) is 2.47. The molecule has 0 amide bonds. The highest BCUT2D eigenvalue weighted by atomic mass is 16.4. The van der Waals surface area contributed by atoms with Crippen molar-refractivity contribution in [2.75, 3.05) is 0 Å². The third-order valence-electron chi connectivity index (χ3n) is 3.16. The van der Waals surface area contributed by atoms with Gasteiger partial charge in [0.1, 0.15) is 5.78 Å². The van der Waals surface area contributed by atoms with Crippen molar-refractivity contribution >= 4 is 28.4 Å². The summed E-state index contributed by atoms with van der Waals surface area (Å²) in [4.78, 5) is 37.0. The van der Waals surface area contributed by atoms with Crippen molar-refractivity contribution in [2.24, 2.45) is 0 Å². The Balaban J connectivity index is 1.86. The number of fused-ring (bicyclic) bond motifs is 1. The highest BCUT2D eigenvalue weighted by Crippen LogP contribution is 2.14. The lowest BCUT2D eigenvalue weighted by Crippen LogP contribution is -2.17. The van der Waals surface area contributed by atoms with Crippen LogP contribution < -0.4 is 0 Å². The number of carboxylic acids is 1. The molecule has 21 heavy (non-hydrogen) atoms.